The summed E-state index contributed by atoms with van der Waals surface area (Å²) in [5, 5.41) is 11.2. The number of allylic oxidation sites excluding steroid dienone is 1. The van der Waals surface area contributed by atoms with Gasteiger partial charge in [-0.15, -0.1) is 0 Å². The largest absolute Gasteiger partial charge is 0.490 e. The molecule has 2 aliphatic rings. The fourth-order valence-electron chi connectivity index (χ4n) is 2.37. The van der Waals surface area contributed by atoms with Gasteiger partial charge in [0.1, 0.15) is 0 Å². The fourth-order valence-corrected chi connectivity index (χ4v) is 2.37. The number of nitrogens with one attached hydrogen (secondary N) is 1. The van der Waals surface area contributed by atoms with E-state index in [9.17, 15) is 4.79 Å². The van der Waals surface area contributed by atoms with Gasteiger partial charge in [-0.25, -0.2) is 4.79 Å². The summed E-state index contributed by atoms with van der Waals surface area (Å²) < 4.78 is 12.0. The van der Waals surface area contributed by atoms with E-state index < -0.39 is 6.09 Å². The van der Waals surface area contributed by atoms with Gasteiger partial charge in [-0.3, -0.25) is 0 Å². The van der Waals surface area contributed by atoms with Gasteiger partial charge in [-0.2, -0.15) is 0 Å². The minimum atomic E-state index is -0.961. The van der Waals surface area contributed by atoms with Gasteiger partial charge in [0.05, 0.1) is 11.2 Å². The molecule has 106 valence electrons. The molecule has 0 saturated carbocycles. The van der Waals surface area contributed by atoms with Gasteiger partial charge >= 0.3 is 13.2 Å². The maximum Gasteiger partial charge on any atom is 0.490 e. The molecule has 1 saturated heterocycles. The van der Waals surface area contributed by atoms with Crippen molar-refractivity contribution in [3.8, 4) is 0 Å². The van der Waals surface area contributed by atoms with Crippen molar-refractivity contribution in [3.05, 3.63) is 11.5 Å². The molecule has 0 spiro atoms. The molecule has 5 nitrogen and oxygen atoms in total. The highest BCUT2D eigenvalue weighted by Crippen LogP contribution is 2.40. The van der Waals surface area contributed by atoms with Crippen LogP contribution in [-0.4, -0.2) is 35.6 Å². The van der Waals surface area contributed by atoms with Crippen molar-refractivity contribution in [1.82, 2.24) is 5.32 Å². The fraction of sp³-hybridized carbons (Fsp3) is 0.769. The summed E-state index contributed by atoms with van der Waals surface area (Å²) >= 11 is 0. The zero-order valence-electron chi connectivity index (χ0n) is 12.0. The SMILES string of the molecule is CC1(C)OB(C2=CCC(NC(=O)O)CC2)OC1(C)C. The van der Waals surface area contributed by atoms with Crippen LogP contribution >= 0.6 is 0 Å². The Morgan fingerprint density at radius 2 is 1.95 bits per heavy atom. The lowest BCUT2D eigenvalue weighted by molar-refractivity contribution is 0.00578. The smallest absolute Gasteiger partial charge is 0.465 e. The molecule has 1 aliphatic heterocycles. The van der Waals surface area contributed by atoms with Crippen LogP contribution in [0.3, 0.4) is 0 Å². The van der Waals surface area contributed by atoms with Gasteiger partial charge in [0, 0.05) is 6.04 Å². The normalized spacial score (nSPS) is 28.9. The van der Waals surface area contributed by atoms with E-state index in [0.717, 1.165) is 18.3 Å². The standard InChI is InChI=1S/C13H22BNO4/c1-12(2)13(3,4)19-14(18-12)9-5-7-10(8-6-9)15-11(16)17/h5,10,15H,6-8H2,1-4H3,(H,16,17). The zero-order valence-corrected chi connectivity index (χ0v) is 12.0. The van der Waals surface area contributed by atoms with E-state index >= 15 is 0 Å². The molecular formula is C13H22BNO4. The van der Waals surface area contributed by atoms with Crippen molar-refractivity contribution in [1.29, 1.82) is 0 Å². The molecule has 1 atom stereocenters. The Bertz CT molecular complexity index is 389. The molecule has 1 fully saturated rings. The van der Waals surface area contributed by atoms with E-state index in [-0.39, 0.29) is 24.4 Å². The molecule has 0 aromatic heterocycles. The first-order chi connectivity index (χ1) is 8.71. The summed E-state index contributed by atoms with van der Waals surface area (Å²) in [6.45, 7) is 8.13. The van der Waals surface area contributed by atoms with Crippen molar-refractivity contribution in [3.63, 3.8) is 0 Å². The molecule has 1 aliphatic carbocycles. The summed E-state index contributed by atoms with van der Waals surface area (Å²) in [6, 6.07) is 0.00340. The minimum Gasteiger partial charge on any atom is -0.465 e. The van der Waals surface area contributed by atoms with E-state index in [0.29, 0.717) is 6.42 Å². The summed E-state index contributed by atoms with van der Waals surface area (Å²) in [5.74, 6) is 0. The summed E-state index contributed by atoms with van der Waals surface area (Å²) in [7, 11) is -0.296. The molecule has 0 radical (unpaired) electrons. The molecule has 2 N–H and O–H groups in total. The second-order valence-electron chi connectivity index (χ2n) is 6.29. The minimum absolute atomic E-state index is 0.00340. The number of carboxylic acid groups (broad SMARTS) is 1. The average Bonchev–Trinajstić information content (AvgIpc) is 2.48. The number of rotatable bonds is 2. The predicted octanol–water partition coefficient (Wildman–Crippen LogP) is 2.36. The maximum absolute atomic E-state index is 10.6. The Morgan fingerprint density at radius 3 is 2.37 bits per heavy atom. The van der Waals surface area contributed by atoms with Gasteiger partial charge in [0.2, 0.25) is 0 Å². The summed E-state index contributed by atoms with van der Waals surface area (Å²) in [4.78, 5) is 10.6. The van der Waals surface area contributed by atoms with Gasteiger partial charge in [0.25, 0.3) is 0 Å². The lowest BCUT2D eigenvalue weighted by Crippen LogP contribution is -2.41. The van der Waals surface area contributed by atoms with Crippen LogP contribution in [0.15, 0.2) is 11.5 Å². The zero-order chi connectivity index (χ0) is 14.3. The Balaban J connectivity index is 1.99. The Labute approximate surface area is 114 Å². The van der Waals surface area contributed by atoms with Crippen LogP contribution in [0.5, 0.6) is 0 Å². The molecule has 0 aromatic carbocycles. The van der Waals surface area contributed by atoms with Crippen LogP contribution in [0.25, 0.3) is 0 Å². The molecule has 6 heteroatoms. The first-order valence-electron chi connectivity index (χ1n) is 6.75. The molecule has 1 heterocycles. The third-order valence-electron chi connectivity index (χ3n) is 4.33. The second kappa shape index (κ2) is 4.83. The first kappa shape index (κ1) is 14.4. The van der Waals surface area contributed by atoms with E-state index in [4.69, 9.17) is 14.4 Å². The van der Waals surface area contributed by atoms with E-state index in [1.807, 2.05) is 33.8 Å². The summed E-state index contributed by atoms with van der Waals surface area (Å²) in [6.07, 6.45) is 3.39. The van der Waals surface area contributed by atoms with Gasteiger partial charge < -0.3 is 19.7 Å². The Hall–Kier alpha value is -1.01. The molecule has 0 aromatic rings. The number of hydrogen-bond acceptors (Lipinski definition) is 3. The highest BCUT2D eigenvalue weighted by atomic mass is 16.7. The summed E-state index contributed by atoms with van der Waals surface area (Å²) in [5.41, 5.74) is 0.477. The van der Waals surface area contributed by atoms with Crippen molar-refractivity contribution in [2.24, 2.45) is 0 Å². The predicted molar refractivity (Wildman–Crippen MR) is 73.0 cm³/mol. The molecule has 1 amide bonds. The first-order valence-corrected chi connectivity index (χ1v) is 6.75. The quantitative estimate of drug-likeness (QED) is 0.753. The lowest BCUT2D eigenvalue weighted by Gasteiger charge is -2.32. The maximum atomic E-state index is 10.6. The van der Waals surface area contributed by atoms with Crippen LogP contribution in [0.2, 0.25) is 0 Å². The van der Waals surface area contributed by atoms with Crippen molar-refractivity contribution >= 4 is 13.2 Å². The van der Waals surface area contributed by atoms with Crippen LogP contribution in [0.1, 0.15) is 47.0 Å². The molecular weight excluding hydrogens is 245 g/mol. The third kappa shape index (κ3) is 2.95. The van der Waals surface area contributed by atoms with E-state index in [1.54, 1.807) is 0 Å². The van der Waals surface area contributed by atoms with Crippen LogP contribution in [-0.2, 0) is 9.31 Å². The second-order valence-corrected chi connectivity index (χ2v) is 6.29. The van der Waals surface area contributed by atoms with Crippen LogP contribution < -0.4 is 5.32 Å². The van der Waals surface area contributed by atoms with Gasteiger partial charge in [0.15, 0.2) is 0 Å². The van der Waals surface area contributed by atoms with Crippen molar-refractivity contribution in [2.45, 2.75) is 64.2 Å². The van der Waals surface area contributed by atoms with Crippen LogP contribution in [0, 0.1) is 0 Å². The van der Waals surface area contributed by atoms with E-state index in [1.165, 1.54) is 0 Å². The van der Waals surface area contributed by atoms with E-state index in [2.05, 4.69) is 5.32 Å². The number of hydrogen-bond donors (Lipinski definition) is 2. The monoisotopic (exact) mass is 267 g/mol. The molecule has 1 unspecified atom stereocenters. The topological polar surface area (TPSA) is 67.8 Å². The van der Waals surface area contributed by atoms with Gasteiger partial charge in [-0.05, 0) is 52.4 Å². The van der Waals surface area contributed by atoms with Crippen molar-refractivity contribution in [2.75, 3.05) is 0 Å². The molecule has 2 rings (SSSR count). The third-order valence-corrected chi connectivity index (χ3v) is 4.33. The Morgan fingerprint density at radius 1 is 1.37 bits per heavy atom. The number of carbonyl (C=O) groups is 1. The average molecular weight is 267 g/mol. The molecule has 19 heavy (non-hydrogen) atoms. The van der Waals surface area contributed by atoms with Crippen molar-refractivity contribution < 1.29 is 19.2 Å². The number of amides is 1. The Kier molecular flexibility index (Phi) is 3.66. The lowest BCUT2D eigenvalue weighted by atomic mass is 9.72. The highest BCUT2D eigenvalue weighted by Gasteiger charge is 2.52. The molecule has 0 bridgehead atoms. The van der Waals surface area contributed by atoms with Crippen LogP contribution in [0.4, 0.5) is 4.79 Å². The highest BCUT2D eigenvalue weighted by molar-refractivity contribution is 6.54. The van der Waals surface area contributed by atoms with Gasteiger partial charge in [-0.1, -0.05) is 6.08 Å².